The highest BCUT2D eigenvalue weighted by molar-refractivity contribution is 5.05. The molecule has 1 saturated heterocycles. The van der Waals surface area contributed by atoms with E-state index in [1.54, 1.807) is 0 Å². The van der Waals surface area contributed by atoms with Crippen LogP contribution < -0.4 is 5.32 Å². The average Bonchev–Trinajstić information content (AvgIpc) is 3.12. The van der Waals surface area contributed by atoms with Gasteiger partial charge >= 0.3 is 0 Å². The summed E-state index contributed by atoms with van der Waals surface area (Å²) in [6.07, 6.45) is 4.13. The number of hydrogen-bond acceptors (Lipinski definition) is 2. The minimum atomic E-state index is 0.370. The molecule has 2 aliphatic rings. The molecule has 1 N–H and O–H groups in total. The zero-order valence-electron chi connectivity index (χ0n) is 13.9. The molecule has 2 heteroatoms. The molecule has 2 unspecified atom stereocenters. The second-order valence-electron chi connectivity index (χ2n) is 8.31. The third-order valence-electron chi connectivity index (χ3n) is 5.55. The van der Waals surface area contributed by atoms with Crippen LogP contribution in [0.3, 0.4) is 0 Å². The standard InChI is InChI=1S/C17H34N2/c1-7-16(4,5)11-19-12-17(6,14-8-9-14)18-10-15(19)13(2)3/h13-15,18H,7-12H2,1-6H3. The first-order chi connectivity index (χ1) is 8.77. The highest BCUT2D eigenvalue weighted by Gasteiger charge is 2.46. The van der Waals surface area contributed by atoms with Crippen molar-refractivity contribution < 1.29 is 0 Å². The van der Waals surface area contributed by atoms with Crippen LogP contribution in [-0.2, 0) is 0 Å². The van der Waals surface area contributed by atoms with E-state index in [9.17, 15) is 0 Å². The topological polar surface area (TPSA) is 15.3 Å². The van der Waals surface area contributed by atoms with Gasteiger partial charge in [-0.1, -0.05) is 34.6 Å². The molecule has 2 fully saturated rings. The first-order valence-corrected chi connectivity index (χ1v) is 8.26. The smallest absolute Gasteiger partial charge is 0.0309 e. The van der Waals surface area contributed by atoms with Crippen molar-refractivity contribution in [1.82, 2.24) is 10.2 Å². The molecule has 0 aromatic carbocycles. The molecule has 2 rings (SSSR count). The van der Waals surface area contributed by atoms with Crippen LogP contribution in [-0.4, -0.2) is 36.1 Å². The van der Waals surface area contributed by atoms with Crippen LogP contribution in [0.5, 0.6) is 0 Å². The minimum absolute atomic E-state index is 0.370. The Labute approximate surface area is 120 Å². The highest BCUT2D eigenvalue weighted by Crippen LogP contribution is 2.42. The molecule has 1 heterocycles. The molecule has 0 aromatic rings. The van der Waals surface area contributed by atoms with Crippen molar-refractivity contribution in [3.63, 3.8) is 0 Å². The summed E-state index contributed by atoms with van der Waals surface area (Å²) in [5.74, 6) is 1.66. The van der Waals surface area contributed by atoms with E-state index >= 15 is 0 Å². The van der Waals surface area contributed by atoms with Gasteiger partial charge in [0.2, 0.25) is 0 Å². The predicted molar refractivity (Wildman–Crippen MR) is 83.4 cm³/mol. The first-order valence-electron chi connectivity index (χ1n) is 8.26. The van der Waals surface area contributed by atoms with Crippen LogP contribution in [0.25, 0.3) is 0 Å². The van der Waals surface area contributed by atoms with E-state index in [1.165, 1.54) is 38.9 Å². The molecule has 1 aliphatic heterocycles. The summed E-state index contributed by atoms with van der Waals surface area (Å²) in [7, 11) is 0. The SMILES string of the molecule is CCC(C)(C)CN1CC(C)(C2CC2)NCC1C(C)C. The summed E-state index contributed by atoms with van der Waals surface area (Å²) in [5.41, 5.74) is 0.810. The zero-order valence-corrected chi connectivity index (χ0v) is 13.9. The fraction of sp³-hybridized carbons (Fsp3) is 1.00. The molecule has 19 heavy (non-hydrogen) atoms. The maximum absolute atomic E-state index is 3.88. The van der Waals surface area contributed by atoms with Crippen LogP contribution in [0.15, 0.2) is 0 Å². The Bertz CT molecular complexity index is 306. The van der Waals surface area contributed by atoms with Gasteiger partial charge in [0.15, 0.2) is 0 Å². The zero-order chi connectivity index (χ0) is 14.3. The summed E-state index contributed by atoms with van der Waals surface area (Å²) in [5, 5.41) is 3.88. The highest BCUT2D eigenvalue weighted by atomic mass is 15.3. The summed E-state index contributed by atoms with van der Waals surface area (Å²) < 4.78 is 0. The Morgan fingerprint density at radius 2 is 1.95 bits per heavy atom. The largest absolute Gasteiger partial charge is 0.308 e. The Morgan fingerprint density at radius 1 is 1.32 bits per heavy atom. The molecule has 2 nitrogen and oxygen atoms in total. The number of piperazine rings is 1. The quantitative estimate of drug-likeness (QED) is 0.819. The first kappa shape index (κ1) is 15.3. The minimum Gasteiger partial charge on any atom is -0.308 e. The van der Waals surface area contributed by atoms with Gasteiger partial charge < -0.3 is 5.32 Å². The number of nitrogens with one attached hydrogen (secondary N) is 1. The summed E-state index contributed by atoms with van der Waals surface area (Å²) in [6, 6.07) is 0.706. The molecule has 0 aromatic heterocycles. The monoisotopic (exact) mass is 266 g/mol. The Balaban J connectivity index is 2.08. The van der Waals surface area contributed by atoms with Gasteiger partial charge in [0.25, 0.3) is 0 Å². The van der Waals surface area contributed by atoms with E-state index in [2.05, 4.69) is 51.8 Å². The van der Waals surface area contributed by atoms with E-state index in [-0.39, 0.29) is 0 Å². The van der Waals surface area contributed by atoms with Crippen molar-refractivity contribution in [1.29, 1.82) is 0 Å². The summed E-state index contributed by atoms with van der Waals surface area (Å²) in [6.45, 7) is 18.0. The Morgan fingerprint density at radius 3 is 2.42 bits per heavy atom. The molecule has 1 aliphatic carbocycles. The third kappa shape index (κ3) is 3.52. The van der Waals surface area contributed by atoms with Crippen molar-refractivity contribution in [2.75, 3.05) is 19.6 Å². The van der Waals surface area contributed by atoms with Crippen LogP contribution in [0.1, 0.15) is 60.8 Å². The van der Waals surface area contributed by atoms with Crippen LogP contribution >= 0.6 is 0 Å². The van der Waals surface area contributed by atoms with Crippen LogP contribution in [0, 0.1) is 17.3 Å². The van der Waals surface area contributed by atoms with Gasteiger partial charge in [0, 0.05) is 31.2 Å². The lowest BCUT2D eigenvalue weighted by Gasteiger charge is -2.50. The molecule has 0 spiro atoms. The van der Waals surface area contributed by atoms with Crippen molar-refractivity contribution in [3.8, 4) is 0 Å². The lowest BCUT2D eigenvalue weighted by molar-refractivity contribution is 0.0240. The van der Waals surface area contributed by atoms with E-state index in [1.807, 2.05) is 0 Å². The van der Waals surface area contributed by atoms with Crippen molar-refractivity contribution >= 4 is 0 Å². The van der Waals surface area contributed by atoms with Gasteiger partial charge in [-0.3, -0.25) is 4.90 Å². The van der Waals surface area contributed by atoms with Gasteiger partial charge in [0.05, 0.1) is 0 Å². The van der Waals surface area contributed by atoms with Gasteiger partial charge in [0.1, 0.15) is 0 Å². The average molecular weight is 266 g/mol. The summed E-state index contributed by atoms with van der Waals surface area (Å²) >= 11 is 0. The molecule has 2 atom stereocenters. The second kappa shape index (κ2) is 5.37. The van der Waals surface area contributed by atoms with E-state index in [4.69, 9.17) is 0 Å². The molecule has 112 valence electrons. The van der Waals surface area contributed by atoms with Crippen molar-refractivity contribution in [2.45, 2.75) is 72.4 Å². The lowest BCUT2D eigenvalue weighted by Crippen LogP contribution is -2.66. The molecule has 0 bridgehead atoms. The second-order valence-corrected chi connectivity index (χ2v) is 8.31. The van der Waals surface area contributed by atoms with Gasteiger partial charge in [-0.05, 0) is 43.4 Å². The van der Waals surface area contributed by atoms with E-state index < -0.39 is 0 Å². The molecule has 0 radical (unpaired) electrons. The molecule has 0 amide bonds. The fourth-order valence-electron chi connectivity index (χ4n) is 3.55. The number of rotatable bonds is 5. The predicted octanol–water partition coefficient (Wildman–Crippen LogP) is 3.52. The van der Waals surface area contributed by atoms with E-state index in [0.717, 1.165) is 11.8 Å². The molecular weight excluding hydrogens is 232 g/mol. The van der Waals surface area contributed by atoms with Gasteiger partial charge in [-0.25, -0.2) is 0 Å². The Kier molecular flexibility index (Phi) is 4.32. The molecule has 1 saturated carbocycles. The maximum Gasteiger partial charge on any atom is 0.0309 e. The fourth-order valence-corrected chi connectivity index (χ4v) is 3.55. The van der Waals surface area contributed by atoms with Crippen molar-refractivity contribution in [3.05, 3.63) is 0 Å². The number of hydrogen-bond donors (Lipinski definition) is 1. The van der Waals surface area contributed by atoms with Crippen LogP contribution in [0.2, 0.25) is 0 Å². The van der Waals surface area contributed by atoms with Gasteiger partial charge in [-0.2, -0.15) is 0 Å². The normalized spacial score (nSPS) is 33.9. The Hall–Kier alpha value is -0.0800. The van der Waals surface area contributed by atoms with Crippen molar-refractivity contribution in [2.24, 2.45) is 17.3 Å². The third-order valence-corrected chi connectivity index (χ3v) is 5.55. The maximum atomic E-state index is 3.88. The van der Waals surface area contributed by atoms with E-state index in [0.29, 0.717) is 17.0 Å². The molecular formula is C17H34N2. The number of nitrogens with zero attached hydrogens (tertiary/aromatic N) is 1. The van der Waals surface area contributed by atoms with Crippen LogP contribution in [0.4, 0.5) is 0 Å². The van der Waals surface area contributed by atoms with Gasteiger partial charge in [-0.15, -0.1) is 0 Å². The lowest BCUT2D eigenvalue weighted by atomic mass is 9.84. The summed E-state index contributed by atoms with van der Waals surface area (Å²) in [4.78, 5) is 2.79.